The highest BCUT2D eigenvalue weighted by atomic mass is 16.5. The van der Waals surface area contributed by atoms with E-state index in [4.69, 9.17) is 15.6 Å². The van der Waals surface area contributed by atoms with Crippen molar-refractivity contribution in [2.45, 2.75) is 19.4 Å². The van der Waals surface area contributed by atoms with Crippen molar-refractivity contribution in [3.8, 4) is 0 Å². The van der Waals surface area contributed by atoms with Gasteiger partial charge in [0.2, 0.25) is 0 Å². The van der Waals surface area contributed by atoms with Crippen molar-refractivity contribution < 1.29 is 9.84 Å². The fourth-order valence-corrected chi connectivity index (χ4v) is 2.29. The van der Waals surface area contributed by atoms with E-state index >= 15 is 0 Å². The molecule has 0 aromatic carbocycles. The summed E-state index contributed by atoms with van der Waals surface area (Å²) in [6, 6.07) is 0. The quantitative estimate of drug-likeness (QED) is 0.624. The van der Waals surface area contributed by atoms with E-state index in [0.29, 0.717) is 6.54 Å². The van der Waals surface area contributed by atoms with Crippen molar-refractivity contribution >= 4 is 0 Å². The number of aliphatic hydroxyl groups excluding tert-OH is 1. The van der Waals surface area contributed by atoms with E-state index in [2.05, 4.69) is 9.80 Å². The Morgan fingerprint density at radius 3 is 2.59 bits per heavy atom. The number of nitrogens with two attached hydrogens (primary N) is 1. The summed E-state index contributed by atoms with van der Waals surface area (Å²) in [6.07, 6.45) is 1.31. The lowest BCUT2D eigenvalue weighted by molar-refractivity contribution is 0.0400. The molecule has 3 N–H and O–H groups in total. The Labute approximate surface area is 105 Å². The van der Waals surface area contributed by atoms with E-state index < -0.39 is 0 Å². The Bertz CT molecular complexity index is 193. The van der Waals surface area contributed by atoms with Crippen molar-refractivity contribution in [3.05, 3.63) is 0 Å². The summed E-state index contributed by atoms with van der Waals surface area (Å²) in [6.45, 7) is 9.56. The lowest BCUT2D eigenvalue weighted by atomic mass is 10.3. The van der Waals surface area contributed by atoms with Crippen LogP contribution in [0.1, 0.15) is 13.3 Å². The monoisotopic (exact) mass is 245 g/mol. The molecule has 1 atom stereocenters. The molecule has 1 fully saturated rings. The molecule has 1 unspecified atom stereocenters. The number of hydrogen-bond acceptors (Lipinski definition) is 5. The molecule has 0 aliphatic carbocycles. The predicted octanol–water partition coefficient (Wildman–Crippen LogP) is -0.650. The minimum Gasteiger partial charge on any atom is -0.395 e. The third-order valence-corrected chi connectivity index (χ3v) is 3.22. The summed E-state index contributed by atoms with van der Waals surface area (Å²) in [5.74, 6) is 0. The molecule has 0 amide bonds. The molecule has 1 heterocycles. The van der Waals surface area contributed by atoms with Crippen LogP contribution in [-0.2, 0) is 4.74 Å². The van der Waals surface area contributed by atoms with Crippen LogP contribution in [0.3, 0.4) is 0 Å². The Hall–Kier alpha value is -0.200. The summed E-state index contributed by atoms with van der Waals surface area (Å²) >= 11 is 0. The summed E-state index contributed by atoms with van der Waals surface area (Å²) in [7, 11) is 0. The van der Waals surface area contributed by atoms with Crippen LogP contribution in [0.15, 0.2) is 0 Å². The Balaban J connectivity index is 2.29. The first kappa shape index (κ1) is 14.9. The fraction of sp³-hybridized carbons (Fsp3) is 1.00. The van der Waals surface area contributed by atoms with Crippen molar-refractivity contribution in [1.29, 1.82) is 0 Å². The van der Waals surface area contributed by atoms with Crippen LogP contribution in [-0.4, -0.2) is 80.0 Å². The van der Waals surface area contributed by atoms with Gasteiger partial charge in [-0.25, -0.2) is 0 Å². The average molecular weight is 245 g/mol. The predicted molar refractivity (Wildman–Crippen MR) is 69.1 cm³/mol. The standard InChI is InChI=1S/C12H27N3O2/c1-2-17-12(10-13)11-15-5-3-4-14(6-7-15)8-9-16/h12,16H,2-11,13H2,1H3. The molecular formula is C12H27N3O2. The Kier molecular flexibility index (Phi) is 7.72. The molecule has 1 aliphatic rings. The summed E-state index contributed by atoms with van der Waals surface area (Å²) in [5, 5.41) is 8.94. The van der Waals surface area contributed by atoms with Crippen molar-refractivity contribution in [1.82, 2.24) is 9.80 Å². The molecule has 5 heteroatoms. The van der Waals surface area contributed by atoms with Gasteiger partial charge in [0.15, 0.2) is 0 Å². The average Bonchev–Trinajstić information content (AvgIpc) is 2.55. The zero-order chi connectivity index (χ0) is 12.5. The maximum absolute atomic E-state index is 8.94. The van der Waals surface area contributed by atoms with E-state index in [1.165, 1.54) is 0 Å². The second-order valence-corrected chi connectivity index (χ2v) is 4.53. The first-order valence-electron chi connectivity index (χ1n) is 6.67. The van der Waals surface area contributed by atoms with Crippen molar-refractivity contribution in [3.63, 3.8) is 0 Å². The second kappa shape index (κ2) is 8.83. The smallest absolute Gasteiger partial charge is 0.0823 e. The SMILES string of the molecule is CCOC(CN)CN1CCCN(CCO)CC1. The van der Waals surface area contributed by atoms with Gasteiger partial charge in [0.1, 0.15) is 0 Å². The molecule has 1 saturated heterocycles. The van der Waals surface area contributed by atoms with Gasteiger partial charge in [-0.2, -0.15) is 0 Å². The molecule has 0 saturated carbocycles. The molecule has 0 radical (unpaired) electrons. The van der Waals surface area contributed by atoms with Gasteiger partial charge in [0.25, 0.3) is 0 Å². The summed E-state index contributed by atoms with van der Waals surface area (Å²) in [4.78, 5) is 4.74. The molecule has 17 heavy (non-hydrogen) atoms. The van der Waals surface area contributed by atoms with Crippen LogP contribution in [0, 0.1) is 0 Å². The molecule has 0 bridgehead atoms. The molecule has 1 rings (SSSR count). The van der Waals surface area contributed by atoms with Gasteiger partial charge in [-0.3, -0.25) is 9.80 Å². The summed E-state index contributed by atoms with van der Waals surface area (Å²) < 4.78 is 5.59. The maximum atomic E-state index is 8.94. The number of β-amino-alcohol motifs (C(OH)–C–C–N with tert-alkyl or cyclic N) is 1. The Morgan fingerprint density at radius 1 is 1.24 bits per heavy atom. The zero-order valence-electron chi connectivity index (χ0n) is 11.0. The number of hydrogen-bond donors (Lipinski definition) is 2. The first-order chi connectivity index (χ1) is 8.30. The number of ether oxygens (including phenoxy) is 1. The van der Waals surface area contributed by atoms with Gasteiger partial charge < -0.3 is 15.6 Å². The fourth-order valence-electron chi connectivity index (χ4n) is 2.29. The minimum atomic E-state index is 0.157. The lowest BCUT2D eigenvalue weighted by Crippen LogP contribution is -2.40. The second-order valence-electron chi connectivity index (χ2n) is 4.53. The largest absolute Gasteiger partial charge is 0.395 e. The van der Waals surface area contributed by atoms with E-state index in [9.17, 15) is 0 Å². The highest BCUT2D eigenvalue weighted by Crippen LogP contribution is 2.04. The zero-order valence-corrected chi connectivity index (χ0v) is 11.0. The molecule has 102 valence electrons. The van der Waals surface area contributed by atoms with Gasteiger partial charge in [-0.15, -0.1) is 0 Å². The van der Waals surface area contributed by atoms with Gasteiger partial charge in [-0.05, 0) is 26.4 Å². The summed E-state index contributed by atoms with van der Waals surface area (Å²) in [5.41, 5.74) is 5.69. The van der Waals surface area contributed by atoms with Crippen LogP contribution in [0.25, 0.3) is 0 Å². The van der Waals surface area contributed by atoms with Gasteiger partial charge in [0, 0.05) is 39.3 Å². The molecular weight excluding hydrogens is 218 g/mol. The highest BCUT2D eigenvalue weighted by Gasteiger charge is 2.17. The van der Waals surface area contributed by atoms with Gasteiger partial charge in [0.05, 0.1) is 12.7 Å². The van der Waals surface area contributed by atoms with E-state index in [-0.39, 0.29) is 12.7 Å². The number of rotatable bonds is 7. The highest BCUT2D eigenvalue weighted by molar-refractivity contribution is 4.73. The van der Waals surface area contributed by atoms with Crippen LogP contribution < -0.4 is 5.73 Å². The van der Waals surface area contributed by atoms with Crippen LogP contribution >= 0.6 is 0 Å². The van der Waals surface area contributed by atoms with Crippen molar-refractivity contribution in [2.24, 2.45) is 5.73 Å². The van der Waals surface area contributed by atoms with Crippen LogP contribution in [0.4, 0.5) is 0 Å². The normalized spacial score (nSPS) is 21.4. The molecule has 5 nitrogen and oxygen atoms in total. The van der Waals surface area contributed by atoms with E-state index in [0.717, 1.165) is 52.3 Å². The lowest BCUT2D eigenvalue weighted by Gasteiger charge is -2.25. The molecule has 0 aromatic rings. The van der Waals surface area contributed by atoms with E-state index in [1.54, 1.807) is 0 Å². The van der Waals surface area contributed by atoms with Gasteiger partial charge in [-0.1, -0.05) is 0 Å². The number of nitrogens with zero attached hydrogens (tertiary/aromatic N) is 2. The third-order valence-electron chi connectivity index (χ3n) is 3.22. The molecule has 0 spiro atoms. The van der Waals surface area contributed by atoms with Crippen LogP contribution in [0.5, 0.6) is 0 Å². The Morgan fingerprint density at radius 2 is 1.94 bits per heavy atom. The van der Waals surface area contributed by atoms with Gasteiger partial charge >= 0.3 is 0 Å². The number of aliphatic hydroxyl groups is 1. The minimum absolute atomic E-state index is 0.157. The van der Waals surface area contributed by atoms with Crippen LogP contribution in [0.2, 0.25) is 0 Å². The first-order valence-corrected chi connectivity index (χ1v) is 6.67. The van der Waals surface area contributed by atoms with E-state index in [1.807, 2.05) is 6.92 Å². The van der Waals surface area contributed by atoms with Crippen molar-refractivity contribution in [2.75, 3.05) is 59.0 Å². The molecule has 1 aliphatic heterocycles. The topological polar surface area (TPSA) is 62.0 Å². The molecule has 0 aromatic heterocycles. The third kappa shape index (κ3) is 5.79. The maximum Gasteiger partial charge on any atom is 0.0823 e.